The van der Waals surface area contributed by atoms with Crippen LogP contribution in [0.25, 0.3) is 0 Å². The average molecular weight is 255 g/mol. The van der Waals surface area contributed by atoms with Gasteiger partial charge in [0.2, 0.25) is 6.10 Å². The highest BCUT2D eigenvalue weighted by Gasteiger charge is 2.47. The molecule has 1 aromatic carbocycles. The van der Waals surface area contributed by atoms with E-state index in [1.165, 1.54) is 0 Å². The normalized spacial score (nSPS) is 22.1. The molecule has 19 heavy (non-hydrogen) atoms. The van der Waals surface area contributed by atoms with Gasteiger partial charge in [-0.2, -0.15) is 0 Å². The van der Waals surface area contributed by atoms with Crippen LogP contribution in [0.1, 0.15) is 0 Å². The molecular formula is C16H17NO2. The van der Waals surface area contributed by atoms with Crippen molar-refractivity contribution in [1.29, 1.82) is 0 Å². The van der Waals surface area contributed by atoms with Crippen LogP contribution in [0.2, 0.25) is 0 Å². The second-order valence-electron chi connectivity index (χ2n) is 4.24. The quantitative estimate of drug-likeness (QED) is 0.444. The smallest absolute Gasteiger partial charge is 0.267 e. The van der Waals surface area contributed by atoms with Crippen LogP contribution in [0.15, 0.2) is 67.8 Å². The van der Waals surface area contributed by atoms with Crippen molar-refractivity contribution < 1.29 is 9.53 Å². The number of likely N-dealkylation sites (tertiary alicyclic amines) is 1. The lowest BCUT2D eigenvalue weighted by Gasteiger charge is -2.44. The summed E-state index contributed by atoms with van der Waals surface area (Å²) in [7, 11) is 0. The molecule has 1 fully saturated rings. The number of hydrogen-bond donors (Lipinski definition) is 0. The molecule has 1 amide bonds. The second kappa shape index (κ2) is 6.05. The third kappa shape index (κ3) is 2.76. The predicted molar refractivity (Wildman–Crippen MR) is 75.9 cm³/mol. The lowest BCUT2D eigenvalue weighted by atomic mass is 9.97. The molecule has 1 aliphatic rings. The first-order valence-corrected chi connectivity index (χ1v) is 6.20. The van der Waals surface area contributed by atoms with Crippen molar-refractivity contribution in [3.05, 3.63) is 67.8 Å². The number of carbonyl (C=O) groups is 1. The number of β-lactam (4-membered cyclic amide) rings is 1. The maximum Gasteiger partial charge on any atom is 0.267 e. The largest absolute Gasteiger partial charge is 0.478 e. The van der Waals surface area contributed by atoms with Crippen LogP contribution in [-0.2, 0) is 4.79 Å². The number of amides is 1. The van der Waals surface area contributed by atoms with Crippen molar-refractivity contribution in [2.24, 2.45) is 0 Å². The van der Waals surface area contributed by atoms with Gasteiger partial charge in [-0.3, -0.25) is 4.79 Å². The van der Waals surface area contributed by atoms with Gasteiger partial charge in [0.1, 0.15) is 5.75 Å². The van der Waals surface area contributed by atoms with Crippen LogP contribution in [-0.4, -0.2) is 29.5 Å². The monoisotopic (exact) mass is 255 g/mol. The average Bonchev–Trinajstić information content (AvgIpc) is 2.46. The van der Waals surface area contributed by atoms with Crippen LogP contribution < -0.4 is 4.74 Å². The standard InChI is InChI=1S/C16H17NO2/c1-3-5-11-14-15(16(18)17(14)12-4-2)19-13-9-7-6-8-10-13/h3-11,14-15H,1-2,12H2/b11-5+/t14-,15+/m0/s1. The number of carbonyl (C=O) groups excluding carboxylic acids is 1. The Labute approximate surface area is 113 Å². The van der Waals surface area contributed by atoms with Crippen LogP contribution in [0.3, 0.4) is 0 Å². The first kappa shape index (κ1) is 13.1. The van der Waals surface area contributed by atoms with Crippen molar-refractivity contribution >= 4 is 5.91 Å². The van der Waals surface area contributed by atoms with Gasteiger partial charge < -0.3 is 9.64 Å². The van der Waals surface area contributed by atoms with Crippen LogP contribution in [0, 0.1) is 0 Å². The van der Waals surface area contributed by atoms with Gasteiger partial charge in [0, 0.05) is 6.54 Å². The Bertz CT molecular complexity index is 493. The zero-order valence-corrected chi connectivity index (χ0v) is 10.7. The van der Waals surface area contributed by atoms with Crippen LogP contribution in [0.4, 0.5) is 0 Å². The van der Waals surface area contributed by atoms with E-state index >= 15 is 0 Å². The van der Waals surface area contributed by atoms with Gasteiger partial charge >= 0.3 is 0 Å². The fourth-order valence-corrected chi connectivity index (χ4v) is 2.05. The van der Waals surface area contributed by atoms with Gasteiger partial charge in [0.25, 0.3) is 5.91 Å². The Kier molecular flexibility index (Phi) is 4.18. The Morgan fingerprint density at radius 2 is 2.00 bits per heavy atom. The number of allylic oxidation sites excluding steroid dienone is 2. The SMILES string of the molecule is C=C/C=C/[C@H]1[C@@H](Oc2ccccc2)C(=O)N1CC=C. The van der Waals surface area contributed by atoms with E-state index in [2.05, 4.69) is 13.2 Å². The molecule has 0 spiro atoms. The van der Waals surface area contributed by atoms with Gasteiger partial charge in [0.15, 0.2) is 0 Å². The summed E-state index contributed by atoms with van der Waals surface area (Å²) in [6.45, 7) is 7.83. The lowest BCUT2D eigenvalue weighted by Crippen LogP contribution is -2.66. The van der Waals surface area contributed by atoms with Crippen molar-refractivity contribution in [1.82, 2.24) is 4.90 Å². The Morgan fingerprint density at radius 3 is 2.63 bits per heavy atom. The molecule has 0 radical (unpaired) electrons. The number of ether oxygens (including phenoxy) is 1. The van der Waals surface area contributed by atoms with Crippen molar-refractivity contribution in [3.8, 4) is 5.75 Å². The van der Waals surface area contributed by atoms with Gasteiger partial charge in [0.05, 0.1) is 6.04 Å². The van der Waals surface area contributed by atoms with Crippen LogP contribution in [0.5, 0.6) is 5.75 Å². The molecule has 2 atom stereocenters. The third-order valence-corrected chi connectivity index (χ3v) is 2.97. The fraction of sp³-hybridized carbons (Fsp3) is 0.188. The number of rotatable bonds is 6. The Hall–Kier alpha value is -2.29. The maximum atomic E-state index is 12.0. The van der Waals surface area contributed by atoms with E-state index in [4.69, 9.17) is 4.74 Å². The number of benzene rings is 1. The van der Waals surface area contributed by atoms with E-state index in [0.29, 0.717) is 12.3 Å². The third-order valence-electron chi connectivity index (χ3n) is 2.97. The second-order valence-corrected chi connectivity index (χ2v) is 4.24. The van der Waals surface area contributed by atoms with E-state index in [1.54, 1.807) is 17.1 Å². The summed E-state index contributed by atoms with van der Waals surface area (Å²) in [6.07, 6.45) is 6.69. The summed E-state index contributed by atoms with van der Waals surface area (Å²) in [5, 5.41) is 0. The first-order valence-electron chi connectivity index (χ1n) is 6.20. The Balaban J connectivity index is 2.10. The minimum absolute atomic E-state index is 0.0116. The molecule has 0 aromatic heterocycles. The molecule has 2 rings (SSSR count). The number of nitrogens with zero attached hydrogens (tertiary/aromatic N) is 1. The zero-order valence-electron chi connectivity index (χ0n) is 10.7. The summed E-state index contributed by atoms with van der Waals surface area (Å²) in [4.78, 5) is 13.7. The molecule has 1 saturated heterocycles. The van der Waals surface area contributed by atoms with Gasteiger partial charge in [-0.15, -0.1) is 6.58 Å². The van der Waals surface area contributed by atoms with Crippen molar-refractivity contribution in [2.45, 2.75) is 12.1 Å². The Morgan fingerprint density at radius 1 is 1.26 bits per heavy atom. The topological polar surface area (TPSA) is 29.5 Å². The molecule has 0 N–H and O–H groups in total. The fourth-order valence-electron chi connectivity index (χ4n) is 2.05. The van der Waals surface area contributed by atoms with Crippen LogP contribution >= 0.6 is 0 Å². The summed E-state index contributed by atoms with van der Waals surface area (Å²) in [5.41, 5.74) is 0. The summed E-state index contributed by atoms with van der Waals surface area (Å²) in [5.74, 6) is 0.693. The minimum atomic E-state index is -0.460. The lowest BCUT2D eigenvalue weighted by molar-refractivity contribution is -0.158. The molecule has 1 heterocycles. The summed E-state index contributed by atoms with van der Waals surface area (Å²) in [6, 6.07) is 9.30. The highest BCUT2D eigenvalue weighted by atomic mass is 16.5. The van der Waals surface area contributed by atoms with E-state index in [0.717, 1.165) is 0 Å². The van der Waals surface area contributed by atoms with Gasteiger partial charge in [-0.05, 0) is 12.1 Å². The molecule has 0 saturated carbocycles. The molecule has 3 heteroatoms. The van der Waals surface area contributed by atoms with Crippen molar-refractivity contribution in [3.63, 3.8) is 0 Å². The molecule has 1 aromatic rings. The number of para-hydroxylation sites is 1. The summed E-state index contributed by atoms with van der Waals surface area (Å²) < 4.78 is 5.74. The molecule has 3 nitrogen and oxygen atoms in total. The maximum absolute atomic E-state index is 12.0. The molecule has 1 aliphatic heterocycles. The van der Waals surface area contributed by atoms with Gasteiger partial charge in [-0.25, -0.2) is 0 Å². The van der Waals surface area contributed by atoms with E-state index in [1.807, 2.05) is 42.5 Å². The van der Waals surface area contributed by atoms with E-state index in [9.17, 15) is 4.79 Å². The molecule has 0 aliphatic carbocycles. The van der Waals surface area contributed by atoms with E-state index < -0.39 is 6.10 Å². The number of hydrogen-bond acceptors (Lipinski definition) is 2. The molecule has 0 bridgehead atoms. The zero-order chi connectivity index (χ0) is 13.7. The molecular weight excluding hydrogens is 238 g/mol. The molecule has 0 unspecified atom stereocenters. The van der Waals surface area contributed by atoms with E-state index in [-0.39, 0.29) is 11.9 Å². The predicted octanol–water partition coefficient (Wildman–Crippen LogP) is 2.57. The first-order chi connectivity index (χ1) is 9.27. The van der Waals surface area contributed by atoms with Gasteiger partial charge in [-0.1, -0.05) is 49.1 Å². The van der Waals surface area contributed by atoms with Crippen molar-refractivity contribution in [2.75, 3.05) is 6.54 Å². The summed E-state index contributed by atoms with van der Waals surface area (Å²) >= 11 is 0. The highest BCUT2D eigenvalue weighted by Crippen LogP contribution is 2.26. The molecule has 98 valence electrons. The minimum Gasteiger partial charge on any atom is -0.478 e. The highest BCUT2D eigenvalue weighted by molar-refractivity contribution is 5.89.